The molecule has 2 atom stereocenters. The Labute approximate surface area is 181 Å². The molecule has 0 bridgehead atoms. The molecule has 2 aromatic carbocycles. The van der Waals surface area contributed by atoms with Crippen LogP contribution in [-0.2, 0) is 4.79 Å². The van der Waals surface area contributed by atoms with Gasteiger partial charge in [-0.3, -0.25) is 9.78 Å². The number of hydrogen-bond donors (Lipinski definition) is 1. The number of nitrogens with one attached hydrogen (secondary N) is 1. The third-order valence-corrected chi connectivity index (χ3v) is 5.67. The molecule has 4 rings (SSSR count). The number of carbonyl (C=O) groups excluding carboxylic acids is 1. The number of nitrogens with zero attached hydrogens (tertiary/aromatic N) is 1. The van der Waals surface area contributed by atoms with E-state index in [0.717, 1.165) is 27.8 Å². The summed E-state index contributed by atoms with van der Waals surface area (Å²) in [5.41, 5.74) is 2.61. The molecule has 1 N–H and O–H groups in total. The van der Waals surface area contributed by atoms with Crippen LogP contribution in [-0.4, -0.2) is 44.9 Å². The van der Waals surface area contributed by atoms with Gasteiger partial charge in [-0.25, -0.2) is 0 Å². The summed E-state index contributed by atoms with van der Waals surface area (Å²) in [5, 5.41) is 3.80. The molecule has 1 aliphatic heterocycles. The van der Waals surface area contributed by atoms with Crippen molar-refractivity contribution in [3.63, 3.8) is 0 Å². The van der Waals surface area contributed by atoms with Gasteiger partial charge in [0.2, 0.25) is 11.7 Å². The van der Waals surface area contributed by atoms with Crippen molar-refractivity contribution in [1.82, 2.24) is 10.3 Å². The lowest BCUT2D eigenvalue weighted by Crippen LogP contribution is -2.25. The van der Waals surface area contributed by atoms with Gasteiger partial charge >= 0.3 is 0 Å². The van der Waals surface area contributed by atoms with Crippen LogP contribution in [0, 0.1) is 5.92 Å². The molecule has 1 fully saturated rings. The molecule has 31 heavy (non-hydrogen) atoms. The highest BCUT2D eigenvalue weighted by atomic mass is 16.5. The second-order valence-electron chi connectivity index (χ2n) is 7.55. The minimum absolute atomic E-state index is 0.0677. The van der Waals surface area contributed by atoms with Gasteiger partial charge in [0.25, 0.3) is 0 Å². The predicted molar refractivity (Wildman–Crippen MR) is 118 cm³/mol. The first kappa shape index (κ1) is 20.8. The molecule has 0 radical (unpaired) electrons. The highest BCUT2D eigenvalue weighted by molar-refractivity contribution is 5.90. The van der Waals surface area contributed by atoms with Gasteiger partial charge in [-0.1, -0.05) is 0 Å². The third-order valence-electron chi connectivity index (χ3n) is 5.67. The maximum atomic E-state index is 11.6. The van der Waals surface area contributed by atoms with E-state index in [1.807, 2.05) is 43.3 Å². The van der Waals surface area contributed by atoms with E-state index < -0.39 is 0 Å². The fourth-order valence-corrected chi connectivity index (χ4v) is 3.92. The fraction of sp³-hybridized carbons (Fsp3) is 0.333. The lowest BCUT2D eigenvalue weighted by atomic mass is 10.0. The summed E-state index contributed by atoms with van der Waals surface area (Å²) in [6, 6.07) is 11.7. The van der Waals surface area contributed by atoms with Crippen molar-refractivity contribution in [2.45, 2.75) is 19.4 Å². The number of hydrogen-bond acceptors (Lipinski definition) is 6. The van der Waals surface area contributed by atoms with Crippen LogP contribution in [0.25, 0.3) is 22.0 Å². The first-order chi connectivity index (χ1) is 15.0. The molecular weight excluding hydrogens is 396 g/mol. The number of pyridine rings is 1. The van der Waals surface area contributed by atoms with Crippen molar-refractivity contribution >= 4 is 16.8 Å². The lowest BCUT2D eigenvalue weighted by molar-refractivity contribution is -0.119. The zero-order chi connectivity index (χ0) is 22.0. The summed E-state index contributed by atoms with van der Waals surface area (Å²) in [4.78, 5) is 16.2. The Morgan fingerprint density at radius 3 is 2.29 bits per heavy atom. The third kappa shape index (κ3) is 4.08. The second kappa shape index (κ2) is 8.71. The number of rotatable bonds is 7. The van der Waals surface area contributed by atoms with Gasteiger partial charge in [0.05, 0.1) is 26.8 Å². The summed E-state index contributed by atoms with van der Waals surface area (Å²) in [6.07, 6.45) is 2.11. The summed E-state index contributed by atoms with van der Waals surface area (Å²) < 4.78 is 22.8. The van der Waals surface area contributed by atoms with Gasteiger partial charge in [0.15, 0.2) is 11.5 Å². The molecule has 7 heteroatoms. The summed E-state index contributed by atoms with van der Waals surface area (Å²) in [7, 11) is 4.77. The molecule has 0 saturated carbocycles. The zero-order valence-electron chi connectivity index (χ0n) is 18.1. The maximum absolute atomic E-state index is 11.6. The van der Waals surface area contributed by atoms with Crippen LogP contribution in [0.2, 0.25) is 0 Å². The molecule has 2 heterocycles. The molecule has 3 aromatic rings. The smallest absolute Gasteiger partial charge is 0.220 e. The van der Waals surface area contributed by atoms with Gasteiger partial charge in [0.1, 0.15) is 11.9 Å². The average molecular weight is 422 g/mol. The van der Waals surface area contributed by atoms with Gasteiger partial charge in [-0.05, 0) is 54.4 Å². The van der Waals surface area contributed by atoms with E-state index in [1.165, 1.54) is 0 Å². The van der Waals surface area contributed by atoms with E-state index in [-0.39, 0.29) is 17.9 Å². The Morgan fingerprint density at radius 2 is 1.68 bits per heavy atom. The van der Waals surface area contributed by atoms with Crippen molar-refractivity contribution in [1.29, 1.82) is 0 Å². The number of ether oxygens (including phenoxy) is 4. The number of amides is 1. The van der Waals surface area contributed by atoms with Crippen molar-refractivity contribution in [3.8, 4) is 34.1 Å². The van der Waals surface area contributed by atoms with Crippen molar-refractivity contribution in [3.05, 3.63) is 42.6 Å². The summed E-state index contributed by atoms with van der Waals surface area (Å²) in [6.45, 7) is 2.63. The molecule has 0 spiro atoms. The van der Waals surface area contributed by atoms with Crippen LogP contribution < -0.4 is 24.3 Å². The number of carbonyl (C=O) groups is 1. The fourth-order valence-electron chi connectivity index (χ4n) is 3.92. The van der Waals surface area contributed by atoms with Crippen LogP contribution in [0.1, 0.15) is 13.3 Å². The van der Waals surface area contributed by atoms with Crippen LogP contribution in [0.5, 0.6) is 23.0 Å². The van der Waals surface area contributed by atoms with Gasteiger partial charge in [-0.15, -0.1) is 0 Å². The lowest BCUT2D eigenvalue weighted by Gasteiger charge is -2.21. The predicted octanol–water partition coefficient (Wildman–Crippen LogP) is 3.83. The molecule has 1 aromatic heterocycles. The number of fused-ring (bicyclic) bond motifs is 1. The van der Waals surface area contributed by atoms with E-state index in [4.69, 9.17) is 18.9 Å². The molecule has 7 nitrogen and oxygen atoms in total. The molecule has 1 amide bonds. The monoisotopic (exact) mass is 422 g/mol. The average Bonchev–Trinajstić information content (AvgIpc) is 3.24. The van der Waals surface area contributed by atoms with E-state index in [1.54, 1.807) is 27.5 Å². The molecule has 1 saturated heterocycles. The van der Waals surface area contributed by atoms with E-state index in [2.05, 4.69) is 10.3 Å². The standard InChI is InChI=1S/C24H26N2O5/c1-14(17-12-23(27)26-13-17)31-20-9-15(8-19-18(20)6-5-7-25-19)16-10-21(28-2)24(30-4)22(11-16)29-3/h5-11,14,17H,12-13H2,1-4H3,(H,26,27). The highest BCUT2D eigenvalue weighted by Gasteiger charge is 2.28. The quantitative estimate of drug-likeness (QED) is 0.623. The minimum atomic E-state index is -0.127. The topological polar surface area (TPSA) is 78.9 Å². The van der Waals surface area contributed by atoms with E-state index in [0.29, 0.717) is 30.2 Å². The number of benzene rings is 2. The molecular formula is C24H26N2O5. The molecule has 0 aliphatic carbocycles. The Bertz CT molecular complexity index is 1090. The summed E-state index contributed by atoms with van der Waals surface area (Å²) >= 11 is 0. The molecule has 162 valence electrons. The zero-order valence-corrected chi connectivity index (χ0v) is 18.1. The normalized spacial score (nSPS) is 16.6. The van der Waals surface area contributed by atoms with Crippen molar-refractivity contribution < 1.29 is 23.7 Å². The minimum Gasteiger partial charge on any atom is -0.493 e. The number of aromatic nitrogens is 1. The SMILES string of the molecule is COc1cc(-c2cc(OC(C)C3CNC(=O)C3)c3cccnc3c2)cc(OC)c1OC. The Morgan fingerprint density at radius 1 is 1.00 bits per heavy atom. The maximum Gasteiger partial charge on any atom is 0.220 e. The second-order valence-corrected chi connectivity index (χ2v) is 7.55. The molecule has 2 unspecified atom stereocenters. The van der Waals surface area contributed by atoms with Crippen LogP contribution >= 0.6 is 0 Å². The first-order valence-corrected chi connectivity index (χ1v) is 10.2. The van der Waals surface area contributed by atoms with Gasteiger partial charge < -0.3 is 24.3 Å². The Kier molecular flexibility index (Phi) is 5.84. The van der Waals surface area contributed by atoms with E-state index >= 15 is 0 Å². The Balaban J connectivity index is 1.78. The first-order valence-electron chi connectivity index (χ1n) is 10.2. The van der Waals surface area contributed by atoms with Gasteiger partial charge in [-0.2, -0.15) is 0 Å². The highest BCUT2D eigenvalue weighted by Crippen LogP contribution is 2.42. The largest absolute Gasteiger partial charge is 0.493 e. The van der Waals surface area contributed by atoms with Crippen LogP contribution in [0.3, 0.4) is 0 Å². The van der Waals surface area contributed by atoms with Crippen molar-refractivity contribution in [2.75, 3.05) is 27.9 Å². The van der Waals surface area contributed by atoms with Crippen LogP contribution in [0.15, 0.2) is 42.6 Å². The van der Waals surface area contributed by atoms with Crippen molar-refractivity contribution in [2.24, 2.45) is 5.92 Å². The summed E-state index contributed by atoms with van der Waals surface area (Å²) in [5.74, 6) is 2.60. The number of methoxy groups -OCH3 is 3. The Hall–Kier alpha value is -3.48. The van der Waals surface area contributed by atoms with Gasteiger partial charge in [0, 0.05) is 30.5 Å². The molecule has 1 aliphatic rings. The van der Waals surface area contributed by atoms with Crippen LogP contribution in [0.4, 0.5) is 0 Å². The van der Waals surface area contributed by atoms with E-state index in [9.17, 15) is 4.79 Å².